The summed E-state index contributed by atoms with van der Waals surface area (Å²) in [6, 6.07) is 29.1. The molecule has 0 saturated carbocycles. The minimum atomic E-state index is -3.66. The zero-order chi connectivity index (χ0) is 47.1. The number of methoxy groups -OCH3 is 4. The predicted molar refractivity (Wildman–Crippen MR) is 251 cm³/mol. The first kappa shape index (κ1) is 50.4. The van der Waals surface area contributed by atoms with E-state index >= 15 is 0 Å². The first-order valence-electron chi connectivity index (χ1n) is 21.6. The van der Waals surface area contributed by atoms with Gasteiger partial charge in [0.2, 0.25) is 20.0 Å². The van der Waals surface area contributed by atoms with Crippen LogP contribution in [0, 0.1) is 0 Å². The summed E-state index contributed by atoms with van der Waals surface area (Å²) in [6.45, 7) is 6.41. The number of nitrogens with one attached hydrogen (secondary N) is 1. The summed E-state index contributed by atoms with van der Waals surface area (Å²) in [4.78, 5) is 29.6. The van der Waals surface area contributed by atoms with Crippen LogP contribution >= 0.6 is 0 Å². The second-order valence-corrected chi connectivity index (χ2v) is 20.3. The summed E-state index contributed by atoms with van der Waals surface area (Å²) in [5.41, 5.74) is 3.42. The summed E-state index contributed by atoms with van der Waals surface area (Å²) in [5, 5.41) is 2.78. The van der Waals surface area contributed by atoms with Gasteiger partial charge in [0.15, 0.2) is 0 Å². The highest BCUT2D eigenvalue weighted by Gasteiger charge is 2.32. The van der Waals surface area contributed by atoms with Gasteiger partial charge in [-0.2, -0.15) is 8.61 Å². The lowest BCUT2D eigenvalue weighted by Gasteiger charge is -2.38. The van der Waals surface area contributed by atoms with Crippen LogP contribution in [0.4, 0.5) is 9.59 Å². The van der Waals surface area contributed by atoms with E-state index in [2.05, 4.69) is 5.32 Å². The topological polar surface area (TPSA) is 168 Å². The molecule has 0 spiro atoms. The fraction of sp³-hybridized carbons (Fsp3) is 0.447. The van der Waals surface area contributed by atoms with Gasteiger partial charge in [0, 0.05) is 71.5 Å². The maximum Gasteiger partial charge on any atom is 0.320 e. The van der Waals surface area contributed by atoms with Crippen molar-refractivity contribution < 1.29 is 45.4 Å². The van der Waals surface area contributed by atoms with E-state index in [9.17, 15) is 26.4 Å². The Kier molecular flexibility index (Phi) is 18.3. The van der Waals surface area contributed by atoms with E-state index in [1.54, 1.807) is 50.2 Å². The average Bonchev–Trinajstić information content (AvgIpc) is 3.30. The number of nitrogens with zero attached hydrogens (tertiary/aromatic N) is 5. The zero-order valence-electron chi connectivity index (χ0n) is 38.5. The molecule has 4 aromatic carbocycles. The van der Waals surface area contributed by atoms with Gasteiger partial charge in [-0.1, -0.05) is 48.5 Å². The van der Waals surface area contributed by atoms with Gasteiger partial charge >= 0.3 is 12.1 Å². The molecule has 2 heterocycles. The van der Waals surface area contributed by atoms with Crippen molar-refractivity contribution in [3.63, 3.8) is 0 Å². The van der Waals surface area contributed by atoms with Crippen LogP contribution in [0.3, 0.4) is 0 Å². The van der Waals surface area contributed by atoms with Gasteiger partial charge in [-0.25, -0.2) is 26.4 Å². The average molecular weight is 937 g/mol. The minimum Gasteiger partial charge on any atom is -0.497 e. The number of rotatable bonds is 20. The van der Waals surface area contributed by atoms with Gasteiger partial charge in [-0.3, -0.25) is 0 Å². The van der Waals surface area contributed by atoms with Gasteiger partial charge in [-0.05, 0) is 97.5 Å². The molecule has 65 heavy (non-hydrogen) atoms. The zero-order valence-corrected chi connectivity index (χ0v) is 40.1. The van der Waals surface area contributed by atoms with E-state index < -0.39 is 20.0 Å². The molecule has 354 valence electrons. The first-order valence-corrected chi connectivity index (χ1v) is 24.8. The maximum absolute atomic E-state index is 13.4. The van der Waals surface area contributed by atoms with Gasteiger partial charge < -0.3 is 39.0 Å². The van der Waals surface area contributed by atoms with Crippen LogP contribution in [0.1, 0.15) is 48.9 Å². The van der Waals surface area contributed by atoms with Crippen molar-refractivity contribution in [2.24, 2.45) is 0 Å². The molecule has 16 nitrogen and oxygen atoms in total. The molecule has 0 aliphatic carbocycles. The molecule has 0 radical (unpaired) electrons. The molecule has 2 fully saturated rings. The second kappa shape index (κ2) is 23.6. The van der Waals surface area contributed by atoms with Crippen LogP contribution in [-0.2, 0) is 46.2 Å². The summed E-state index contributed by atoms with van der Waals surface area (Å²) in [5.74, 6) is 2.57. The third-order valence-electron chi connectivity index (χ3n) is 11.7. The van der Waals surface area contributed by atoms with Crippen LogP contribution < -0.4 is 24.3 Å². The lowest BCUT2D eigenvalue weighted by Crippen LogP contribution is -2.53. The Morgan fingerprint density at radius 1 is 0.538 bits per heavy atom. The maximum atomic E-state index is 13.4. The Balaban J connectivity index is 0.000000244. The van der Waals surface area contributed by atoms with E-state index in [1.807, 2.05) is 111 Å². The second-order valence-electron chi connectivity index (χ2n) is 16.2. The molecule has 1 N–H and O–H groups in total. The van der Waals surface area contributed by atoms with E-state index in [1.165, 1.54) is 8.61 Å². The van der Waals surface area contributed by atoms with Crippen molar-refractivity contribution in [1.29, 1.82) is 0 Å². The first-order chi connectivity index (χ1) is 31.0. The lowest BCUT2D eigenvalue weighted by atomic mass is 10.1. The molecular weight excluding hydrogens is 873 g/mol. The minimum absolute atomic E-state index is 0.00979. The standard InChI is InChI=1S/C24H33N3O5S.C23H31N3O5S/c1-19-13-14-25(2)24(28)27(19)15-16-33(29,30)26(17-20-5-9-22(31-3)10-6-20)18-21-7-11-23(32-4)12-8-21;1-18-12-13-24-23(27)26(18)14-15-32(28,29)25(16-19-4-8-21(30-2)9-5-19)17-20-6-10-22(31-3)11-7-20/h5-12,19H,13-18H2,1-4H3;4-11,18H,12-17H2,1-3H3,(H,24,27)/t19-;18-/m11/s1. The lowest BCUT2D eigenvalue weighted by molar-refractivity contribution is 0.118. The van der Waals surface area contributed by atoms with Crippen molar-refractivity contribution >= 4 is 32.1 Å². The third kappa shape index (κ3) is 14.5. The van der Waals surface area contributed by atoms with Crippen molar-refractivity contribution in [1.82, 2.24) is 28.6 Å². The highest BCUT2D eigenvalue weighted by molar-refractivity contribution is 7.89. The number of amides is 4. The Bertz CT molecular complexity index is 2250. The fourth-order valence-electron chi connectivity index (χ4n) is 7.45. The van der Waals surface area contributed by atoms with E-state index in [0.29, 0.717) is 36.1 Å². The van der Waals surface area contributed by atoms with Gasteiger partial charge in [0.25, 0.3) is 0 Å². The molecule has 0 bridgehead atoms. The number of carbonyl (C=O) groups is 2. The van der Waals surface area contributed by atoms with Crippen LogP contribution in [0.2, 0.25) is 0 Å². The van der Waals surface area contributed by atoms with Gasteiger partial charge in [0.05, 0.1) is 39.9 Å². The molecule has 4 amide bonds. The molecule has 6 rings (SSSR count). The predicted octanol–water partition coefficient (Wildman–Crippen LogP) is 6.02. The number of benzene rings is 4. The number of carbonyl (C=O) groups excluding carboxylic acids is 2. The van der Waals surface area contributed by atoms with Crippen molar-refractivity contribution in [3.05, 3.63) is 119 Å². The highest BCUT2D eigenvalue weighted by atomic mass is 32.2. The van der Waals surface area contributed by atoms with Crippen LogP contribution in [0.5, 0.6) is 23.0 Å². The Morgan fingerprint density at radius 3 is 1.18 bits per heavy atom. The van der Waals surface area contributed by atoms with Crippen molar-refractivity contribution in [2.45, 2.75) is 65.0 Å². The number of sulfonamides is 2. The molecule has 0 aromatic heterocycles. The quantitative estimate of drug-likeness (QED) is 0.111. The Labute approximate surface area is 385 Å². The Morgan fingerprint density at radius 2 is 0.862 bits per heavy atom. The summed E-state index contributed by atoms with van der Waals surface area (Å²) < 4.78 is 77.4. The molecule has 0 unspecified atom stereocenters. The number of hydrogen-bond acceptors (Lipinski definition) is 10. The molecule has 2 aliphatic heterocycles. The van der Waals surface area contributed by atoms with Gasteiger partial charge in [0.1, 0.15) is 23.0 Å². The van der Waals surface area contributed by atoms with E-state index in [-0.39, 0.29) is 74.9 Å². The molecule has 2 aliphatic rings. The molecular formula is C47H64N6O10S2. The largest absolute Gasteiger partial charge is 0.497 e. The smallest absolute Gasteiger partial charge is 0.320 e. The van der Waals surface area contributed by atoms with E-state index in [4.69, 9.17) is 18.9 Å². The van der Waals surface area contributed by atoms with Gasteiger partial charge in [-0.15, -0.1) is 0 Å². The summed E-state index contributed by atoms with van der Waals surface area (Å²) >= 11 is 0. The number of urea groups is 2. The summed E-state index contributed by atoms with van der Waals surface area (Å²) in [6.07, 6.45) is 1.62. The van der Waals surface area contributed by atoms with Crippen LogP contribution in [0.15, 0.2) is 97.1 Å². The summed E-state index contributed by atoms with van der Waals surface area (Å²) in [7, 11) is 0.810. The highest BCUT2D eigenvalue weighted by Crippen LogP contribution is 2.23. The number of ether oxygens (including phenoxy) is 4. The van der Waals surface area contributed by atoms with Crippen molar-refractivity contribution in [2.75, 3.05) is 73.2 Å². The SMILES string of the molecule is COc1ccc(CN(Cc2ccc(OC)cc2)S(=O)(=O)CCN2C(=O)N(C)CC[C@H]2C)cc1.COc1ccc(CN(Cc2ccc(OC)cc2)S(=O)(=O)CCN2C(=O)NCC[C@H]2C)cc1. The molecule has 2 atom stereocenters. The number of hydrogen-bond donors (Lipinski definition) is 1. The third-order valence-corrected chi connectivity index (χ3v) is 15.1. The molecule has 4 aromatic rings. The monoisotopic (exact) mass is 936 g/mol. The van der Waals surface area contributed by atoms with Crippen LogP contribution in [-0.4, -0.2) is 137 Å². The fourth-order valence-corrected chi connectivity index (χ4v) is 10.2. The Hall–Kier alpha value is -5.56. The normalized spacial score (nSPS) is 16.8. The van der Waals surface area contributed by atoms with Crippen molar-refractivity contribution in [3.8, 4) is 23.0 Å². The molecule has 2 saturated heterocycles. The van der Waals surface area contributed by atoms with E-state index in [0.717, 1.165) is 35.1 Å². The van der Waals surface area contributed by atoms with Crippen LogP contribution in [0.25, 0.3) is 0 Å². The molecule has 18 heteroatoms.